The van der Waals surface area contributed by atoms with E-state index in [2.05, 4.69) is 0 Å². The summed E-state index contributed by atoms with van der Waals surface area (Å²) in [6, 6.07) is 13.8. The smallest absolute Gasteiger partial charge is 0.336 e. The van der Waals surface area contributed by atoms with E-state index in [-0.39, 0.29) is 5.78 Å². The minimum atomic E-state index is -0.499. The highest BCUT2D eigenvalue weighted by atomic mass is 16.5. The van der Waals surface area contributed by atoms with E-state index in [0.717, 1.165) is 5.56 Å². The van der Waals surface area contributed by atoms with Gasteiger partial charge in [-0.3, -0.25) is 4.79 Å². The van der Waals surface area contributed by atoms with Gasteiger partial charge < -0.3 is 9.47 Å². The lowest BCUT2D eigenvalue weighted by Crippen LogP contribution is -2.04. The van der Waals surface area contributed by atoms with E-state index in [9.17, 15) is 9.59 Å². The van der Waals surface area contributed by atoms with Crippen LogP contribution < -0.4 is 9.47 Å². The number of rotatable bonds is 5. The highest BCUT2D eigenvalue weighted by Gasteiger charge is 2.04. The molecule has 0 aliphatic heterocycles. The molecule has 2 aromatic carbocycles. The van der Waals surface area contributed by atoms with Gasteiger partial charge in [-0.15, -0.1) is 0 Å². The molecule has 0 bridgehead atoms. The van der Waals surface area contributed by atoms with Crippen LogP contribution in [0.2, 0.25) is 0 Å². The maximum absolute atomic E-state index is 11.8. The zero-order chi connectivity index (χ0) is 15.9. The fourth-order valence-corrected chi connectivity index (χ4v) is 1.87. The zero-order valence-corrected chi connectivity index (χ0v) is 12.4. The molecule has 0 unspecified atom stereocenters. The van der Waals surface area contributed by atoms with Gasteiger partial charge in [-0.1, -0.05) is 18.2 Å². The summed E-state index contributed by atoms with van der Waals surface area (Å²) in [5, 5.41) is 0. The lowest BCUT2D eigenvalue weighted by molar-refractivity contribution is -0.128. The number of ether oxygens (including phenoxy) is 2. The van der Waals surface area contributed by atoms with E-state index >= 15 is 0 Å². The number of esters is 1. The molecule has 112 valence electrons. The number of carbonyl (C=O) groups excluding carboxylic acids is 2. The van der Waals surface area contributed by atoms with E-state index in [1.54, 1.807) is 37.5 Å². The largest absolute Gasteiger partial charge is 0.496 e. The number of hydrogen-bond acceptors (Lipinski definition) is 4. The summed E-state index contributed by atoms with van der Waals surface area (Å²) < 4.78 is 10.4. The predicted molar refractivity (Wildman–Crippen MR) is 84.1 cm³/mol. The van der Waals surface area contributed by atoms with Gasteiger partial charge in [-0.25, -0.2) is 4.79 Å². The van der Waals surface area contributed by atoms with E-state index in [1.807, 2.05) is 24.3 Å². The third kappa shape index (κ3) is 4.06. The Morgan fingerprint density at radius 2 is 1.68 bits per heavy atom. The summed E-state index contributed by atoms with van der Waals surface area (Å²) in [5.74, 6) is 0.535. The van der Waals surface area contributed by atoms with Crippen LogP contribution in [0, 0.1) is 0 Å². The van der Waals surface area contributed by atoms with Gasteiger partial charge in [-0.2, -0.15) is 0 Å². The van der Waals surface area contributed by atoms with Crippen molar-refractivity contribution in [2.45, 2.75) is 6.92 Å². The molecule has 0 radical (unpaired) electrons. The van der Waals surface area contributed by atoms with Crippen LogP contribution in [0.15, 0.2) is 54.6 Å². The van der Waals surface area contributed by atoms with Crippen LogP contribution in [-0.4, -0.2) is 18.9 Å². The Hall–Kier alpha value is -2.88. The summed E-state index contributed by atoms with van der Waals surface area (Å²) in [7, 11) is 1.57. The normalized spacial score (nSPS) is 10.5. The summed E-state index contributed by atoms with van der Waals surface area (Å²) in [6.45, 7) is 1.48. The minimum Gasteiger partial charge on any atom is -0.496 e. The van der Waals surface area contributed by atoms with Gasteiger partial charge in [-0.05, 0) is 43.3 Å². The zero-order valence-electron chi connectivity index (χ0n) is 12.4. The first-order chi connectivity index (χ1) is 10.6. The lowest BCUT2D eigenvalue weighted by atomic mass is 10.1. The molecule has 0 amide bonds. The van der Waals surface area contributed by atoms with Crippen molar-refractivity contribution in [3.05, 3.63) is 65.7 Å². The molecule has 0 saturated heterocycles. The Bertz CT molecular complexity index is 699. The minimum absolute atomic E-state index is 0.0334. The molecule has 0 N–H and O–H groups in total. The number of benzene rings is 2. The first-order valence-corrected chi connectivity index (χ1v) is 6.74. The molecule has 0 spiro atoms. The molecule has 0 heterocycles. The molecule has 22 heavy (non-hydrogen) atoms. The van der Waals surface area contributed by atoms with Crippen molar-refractivity contribution >= 4 is 17.8 Å². The Labute approximate surface area is 129 Å². The SMILES string of the molecule is COc1ccccc1/C=C/C(=O)Oc1ccc(C(C)=O)cc1. The third-order valence-electron chi connectivity index (χ3n) is 3.02. The monoisotopic (exact) mass is 296 g/mol. The number of carbonyl (C=O) groups is 2. The highest BCUT2D eigenvalue weighted by Crippen LogP contribution is 2.19. The number of ketones is 1. The van der Waals surface area contributed by atoms with Gasteiger partial charge in [0.15, 0.2) is 5.78 Å². The molecular formula is C18H16O4. The number of Topliss-reactive ketones (excluding diaryl/α,β-unsaturated/α-hetero) is 1. The second kappa shape index (κ2) is 7.22. The van der Waals surface area contributed by atoms with Crippen molar-refractivity contribution in [1.29, 1.82) is 0 Å². The van der Waals surface area contributed by atoms with E-state index < -0.39 is 5.97 Å². The summed E-state index contributed by atoms with van der Waals surface area (Å²) >= 11 is 0. The van der Waals surface area contributed by atoms with E-state index in [1.165, 1.54) is 13.0 Å². The molecule has 0 saturated carbocycles. The number of para-hydroxylation sites is 1. The maximum Gasteiger partial charge on any atom is 0.336 e. The average Bonchev–Trinajstić information content (AvgIpc) is 2.53. The van der Waals surface area contributed by atoms with Gasteiger partial charge in [0.2, 0.25) is 0 Å². The van der Waals surface area contributed by atoms with Crippen molar-refractivity contribution < 1.29 is 19.1 Å². The third-order valence-corrected chi connectivity index (χ3v) is 3.02. The molecule has 0 aliphatic carbocycles. The quantitative estimate of drug-likeness (QED) is 0.367. The maximum atomic E-state index is 11.8. The van der Waals surface area contributed by atoms with Crippen molar-refractivity contribution in [3.8, 4) is 11.5 Å². The topological polar surface area (TPSA) is 52.6 Å². The summed E-state index contributed by atoms with van der Waals surface area (Å²) in [5.41, 5.74) is 1.36. The molecular weight excluding hydrogens is 280 g/mol. The van der Waals surface area contributed by atoms with E-state index in [0.29, 0.717) is 17.1 Å². The van der Waals surface area contributed by atoms with Crippen LogP contribution in [0.3, 0.4) is 0 Å². The lowest BCUT2D eigenvalue weighted by Gasteiger charge is -2.04. The highest BCUT2D eigenvalue weighted by molar-refractivity contribution is 5.94. The van der Waals surface area contributed by atoms with Crippen molar-refractivity contribution in [3.63, 3.8) is 0 Å². The van der Waals surface area contributed by atoms with Crippen LogP contribution in [0.1, 0.15) is 22.8 Å². The average molecular weight is 296 g/mol. The van der Waals surface area contributed by atoms with Crippen LogP contribution in [0.4, 0.5) is 0 Å². The van der Waals surface area contributed by atoms with Crippen LogP contribution in [0.25, 0.3) is 6.08 Å². The fourth-order valence-electron chi connectivity index (χ4n) is 1.87. The Balaban J connectivity index is 2.03. The summed E-state index contributed by atoms with van der Waals surface area (Å²) in [6.07, 6.45) is 2.96. The molecule has 0 aromatic heterocycles. The van der Waals surface area contributed by atoms with Gasteiger partial charge >= 0.3 is 5.97 Å². The van der Waals surface area contributed by atoms with Gasteiger partial charge in [0.1, 0.15) is 11.5 Å². The fraction of sp³-hybridized carbons (Fsp3) is 0.111. The second-order valence-corrected chi connectivity index (χ2v) is 4.58. The predicted octanol–water partition coefficient (Wildman–Crippen LogP) is 3.52. The Morgan fingerprint density at radius 1 is 1.00 bits per heavy atom. The molecule has 4 nitrogen and oxygen atoms in total. The summed E-state index contributed by atoms with van der Waals surface area (Å²) in [4.78, 5) is 23.0. The number of methoxy groups -OCH3 is 1. The van der Waals surface area contributed by atoms with Crippen LogP contribution >= 0.6 is 0 Å². The van der Waals surface area contributed by atoms with Gasteiger partial charge in [0.05, 0.1) is 7.11 Å². The second-order valence-electron chi connectivity index (χ2n) is 4.58. The Kier molecular flexibility index (Phi) is 5.09. The first kappa shape index (κ1) is 15.5. The molecule has 2 aromatic rings. The van der Waals surface area contributed by atoms with Crippen LogP contribution in [0.5, 0.6) is 11.5 Å². The Morgan fingerprint density at radius 3 is 2.32 bits per heavy atom. The molecule has 0 aliphatic rings. The van der Waals surface area contributed by atoms with Crippen LogP contribution in [-0.2, 0) is 4.79 Å². The molecule has 4 heteroatoms. The van der Waals surface area contributed by atoms with Gasteiger partial charge in [0, 0.05) is 17.2 Å². The molecule has 2 rings (SSSR count). The van der Waals surface area contributed by atoms with Crippen molar-refractivity contribution in [2.24, 2.45) is 0 Å². The van der Waals surface area contributed by atoms with Crippen molar-refractivity contribution in [1.82, 2.24) is 0 Å². The molecule has 0 atom stereocenters. The molecule has 0 fully saturated rings. The first-order valence-electron chi connectivity index (χ1n) is 6.74. The number of hydrogen-bond donors (Lipinski definition) is 0. The standard InChI is InChI=1S/C18H16O4/c1-13(19)14-7-10-16(11-8-14)22-18(20)12-9-15-5-3-4-6-17(15)21-2/h3-12H,1-2H3/b12-9+. The van der Waals surface area contributed by atoms with Crippen molar-refractivity contribution in [2.75, 3.05) is 7.11 Å². The van der Waals surface area contributed by atoms with E-state index in [4.69, 9.17) is 9.47 Å². The van der Waals surface area contributed by atoms with Gasteiger partial charge in [0.25, 0.3) is 0 Å².